The Morgan fingerprint density at radius 3 is 2.52 bits per heavy atom. The zero-order chi connectivity index (χ0) is 44.8. The fourth-order valence-electron chi connectivity index (χ4n) is 10.4. The topological polar surface area (TPSA) is 180 Å². The minimum absolute atomic E-state index is 0.000557. The average Bonchev–Trinajstić information content (AvgIpc) is 3.98. The Labute approximate surface area is 370 Å². The van der Waals surface area contributed by atoms with Gasteiger partial charge in [0.2, 0.25) is 5.91 Å². The Morgan fingerprint density at radius 2 is 1.78 bits per heavy atom. The van der Waals surface area contributed by atoms with Gasteiger partial charge in [-0.15, -0.1) is 0 Å². The summed E-state index contributed by atoms with van der Waals surface area (Å²) in [5, 5.41) is 36.4. The monoisotopic (exact) mass is 886 g/mol. The van der Waals surface area contributed by atoms with Crippen LogP contribution in [0, 0.1) is 0 Å². The lowest BCUT2D eigenvalue weighted by Crippen LogP contribution is -2.49. The molecule has 3 atom stereocenters. The number of anilines is 3. The quantitative estimate of drug-likeness (QED) is 0.120. The van der Waals surface area contributed by atoms with Crippen molar-refractivity contribution in [1.82, 2.24) is 49.8 Å². The highest BCUT2D eigenvalue weighted by molar-refractivity contribution is 5.81. The highest BCUT2D eigenvalue weighted by Gasteiger charge is 2.36. The maximum Gasteiger partial charge on any atom is 0.329 e. The SMILES string of the molecule is CNC(=O)N1CCc2c(c(N3CCCc4cc(C5=CN(C)NC5)c(C(F)F)cc43)nn2C2CCN(C(=O)CCCCNc3ccc4c(c3)n(C)c(=O)n4C3CCC(O)NC3O)CC2)C1. The van der Waals surface area contributed by atoms with Crippen LogP contribution in [0.3, 0.4) is 0 Å². The number of halogens is 2. The Balaban J connectivity index is 0.839. The number of carbonyl (C=O) groups excluding carboxylic acids is 2. The molecule has 2 aromatic heterocycles. The van der Waals surface area contributed by atoms with Crippen LogP contribution in [-0.4, -0.2) is 122 Å². The van der Waals surface area contributed by atoms with Crippen LogP contribution in [0.4, 0.5) is 30.8 Å². The first-order valence-electron chi connectivity index (χ1n) is 22.7. The molecule has 17 nitrogen and oxygen atoms in total. The van der Waals surface area contributed by atoms with Crippen molar-refractivity contribution in [3.05, 3.63) is 75.0 Å². The number of aliphatic hydroxyl groups is 2. The van der Waals surface area contributed by atoms with E-state index in [2.05, 4.69) is 31.0 Å². The van der Waals surface area contributed by atoms with Crippen LogP contribution in [-0.2, 0) is 31.2 Å². The Bertz CT molecular complexity index is 2490. The third-order valence-electron chi connectivity index (χ3n) is 13.8. The van der Waals surface area contributed by atoms with Crippen LogP contribution < -0.4 is 32.0 Å². The Hall–Kier alpha value is -5.50. The molecular formula is C45H60F2N12O5. The van der Waals surface area contributed by atoms with Crippen LogP contribution in [0.15, 0.2) is 41.3 Å². The zero-order valence-electron chi connectivity index (χ0n) is 36.8. The minimum Gasteiger partial charge on any atom is -0.385 e. The molecule has 7 heterocycles. The number of likely N-dealkylation sites (tertiary alicyclic amines) is 1. The van der Waals surface area contributed by atoms with E-state index in [9.17, 15) is 33.4 Å². The number of aliphatic hydroxyl groups excluding tert-OH is 2. The molecule has 2 fully saturated rings. The van der Waals surface area contributed by atoms with Crippen molar-refractivity contribution in [1.29, 1.82) is 0 Å². The number of hydrazine groups is 1. The van der Waals surface area contributed by atoms with E-state index in [1.165, 1.54) is 0 Å². The fraction of sp³-hybridized carbons (Fsp3) is 0.556. The number of carbonyl (C=O) groups is 2. The van der Waals surface area contributed by atoms with Crippen LogP contribution in [0.2, 0.25) is 0 Å². The summed E-state index contributed by atoms with van der Waals surface area (Å²) in [5.41, 5.74) is 10.4. The molecule has 5 aliphatic rings. The van der Waals surface area contributed by atoms with Gasteiger partial charge >= 0.3 is 11.7 Å². The molecule has 4 aromatic rings. The molecule has 0 saturated carbocycles. The third-order valence-corrected chi connectivity index (χ3v) is 13.8. The number of imidazole rings is 1. The summed E-state index contributed by atoms with van der Waals surface area (Å²) < 4.78 is 34.8. The maximum atomic E-state index is 14.8. The van der Waals surface area contributed by atoms with Crippen LogP contribution in [0.1, 0.15) is 97.8 Å². The van der Waals surface area contributed by atoms with Crippen molar-refractivity contribution in [3.8, 4) is 0 Å². The summed E-state index contributed by atoms with van der Waals surface area (Å²) in [6, 6.07) is 8.70. The molecule has 0 aliphatic carbocycles. The van der Waals surface area contributed by atoms with Crippen molar-refractivity contribution < 1.29 is 28.6 Å². The van der Waals surface area contributed by atoms with Gasteiger partial charge in [-0.25, -0.2) is 23.8 Å². The first-order valence-corrected chi connectivity index (χ1v) is 22.7. The molecule has 9 rings (SSSR count). The summed E-state index contributed by atoms with van der Waals surface area (Å²) in [4.78, 5) is 45.4. The van der Waals surface area contributed by atoms with Crippen LogP contribution >= 0.6 is 0 Å². The fourth-order valence-corrected chi connectivity index (χ4v) is 10.4. The van der Waals surface area contributed by atoms with Crippen molar-refractivity contribution in [2.24, 2.45) is 7.05 Å². The number of hydrogen-bond donors (Lipinski definition) is 6. The van der Waals surface area contributed by atoms with Crippen molar-refractivity contribution >= 4 is 45.7 Å². The first kappa shape index (κ1) is 43.7. The molecule has 3 amide bonds. The number of fused-ring (bicyclic) bond motifs is 3. The maximum absolute atomic E-state index is 14.8. The van der Waals surface area contributed by atoms with Gasteiger partial charge < -0.3 is 40.6 Å². The van der Waals surface area contributed by atoms with Gasteiger partial charge in [0.25, 0.3) is 6.43 Å². The summed E-state index contributed by atoms with van der Waals surface area (Å²) in [5.74, 6) is 0.842. The molecule has 6 N–H and O–H groups in total. The number of rotatable bonds is 11. The Kier molecular flexibility index (Phi) is 12.4. The minimum atomic E-state index is -2.66. The summed E-state index contributed by atoms with van der Waals surface area (Å²) in [6.07, 6.45) is 3.90. The van der Waals surface area contributed by atoms with Crippen molar-refractivity contribution in [2.45, 2.75) is 102 Å². The molecule has 3 unspecified atom stereocenters. The Morgan fingerprint density at radius 1 is 0.969 bits per heavy atom. The number of alkyl halides is 2. The number of aromatic nitrogens is 4. The van der Waals surface area contributed by atoms with Crippen LogP contribution in [0.5, 0.6) is 0 Å². The van der Waals surface area contributed by atoms with E-state index in [0.717, 1.165) is 77.8 Å². The van der Waals surface area contributed by atoms with E-state index in [1.54, 1.807) is 39.2 Å². The van der Waals surface area contributed by atoms with Gasteiger partial charge in [-0.1, -0.05) is 0 Å². The van der Waals surface area contributed by atoms with Gasteiger partial charge in [-0.05, 0) is 98.4 Å². The number of amides is 3. The van der Waals surface area contributed by atoms with Gasteiger partial charge in [-0.3, -0.25) is 23.9 Å². The van der Waals surface area contributed by atoms with E-state index in [-0.39, 0.29) is 29.2 Å². The molecule has 344 valence electrons. The number of urea groups is 1. The number of unbranched alkanes of at least 4 members (excludes halogenated alkanes) is 1. The standard InChI is InChI=1S/C45H60F2N12O5/c1-48-44(63)56-20-15-34-33(26-56)42(57-17-6-7-27-21-31(28-24-50-53(2)25-28)32(41(46)47)23-37(27)57)52-59(34)30-13-18-55(19-14-30)40(61)8-4-5-16-49-29-9-10-35-38(22-29)54(3)45(64)58(35)36-11-12-39(60)51-43(36)62/h9-10,21-23,25,30,36,39,41,43,49-51,60,62H,4-8,11-20,24,26H2,1-3H3,(H,48,63). The molecule has 0 spiro atoms. The molecular weight excluding hydrogens is 827 g/mol. The van der Waals surface area contributed by atoms with Crippen molar-refractivity contribution in [2.75, 3.05) is 63.6 Å². The van der Waals surface area contributed by atoms with Gasteiger partial charge in [0.1, 0.15) is 12.5 Å². The highest BCUT2D eigenvalue weighted by Crippen LogP contribution is 2.43. The number of nitrogens with one attached hydrogen (secondary N) is 4. The number of nitrogens with zero attached hydrogens (tertiary/aromatic N) is 8. The number of benzene rings is 2. The summed E-state index contributed by atoms with van der Waals surface area (Å²) in [6.45, 7) is 3.87. The molecule has 19 heteroatoms. The van der Waals surface area contributed by atoms with Gasteiger partial charge in [0.15, 0.2) is 5.82 Å². The van der Waals surface area contributed by atoms with Gasteiger partial charge in [0, 0.05) is 108 Å². The van der Waals surface area contributed by atoms with Crippen molar-refractivity contribution in [3.63, 3.8) is 0 Å². The second kappa shape index (κ2) is 18.2. The lowest BCUT2D eigenvalue weighted by Gasteiger charge is -2.34. The smallest absolute Gasteiger partial charge is 0.329 e. The number of piperidine rings is 2. The molecule has 2 aromatic carbocycles. The number of hydrogen-bond acceptors (Lipinski definition) is 11. The highest BCUT2D eigenvalue weighted by atomic mass is 19.3. The second-order valence-corrected chi connectivity index (χ2v) is 17.8. The summed E-state index contributed by atoms with van der Waals surface area (Å²) >= 11 is 0. The summed E-state index contributed by atoms with van der Waals surface area (Å²) in [7, 11) is 5.19. The molecule has 64 heavy (non-hydrogen) atoms. The van der Waals surface area contributed by atoms with E-state index >= 15 is 0 Å². The largest absolute Gasteiger partial charge is 0.385 e. The van der Waals surface area contributed by atoms with Crippen LogP contribution in [0.25, 0.3) is 16.6 Å². The van der Waals surface area contributed by atoms with Gasteiger partial charge in [-0.2, -0.15) is 5.10 Å². The number of aryl methyl sites for hydroxylation is 2. The first-order chi connectivity index (χ1) is 30.9. The predicted octanol–water partition coefficient (Wildman–Crippen LogP) is 4.05. The van der Waals surface area contributed by atoms with E-state index in [4.69, 9.17) is 5.10 Å². The van der Waals surface area contributed by atoms with E-state index < -0.39 is 24.9 Å². The lowest BCUT2D eigenvalue weighted by atomic mass is 9.92. The predicted molar refractivity (Wildman–Crippen MR) is 239 cm³/mol. The van der Waals surface area contributed by atoms with E-state index in [0.29, 0.717) is 88.4 Å². The molecule has 0 radical (unpaired) electrons. The lowest BCUT2D eigenvalue weighted by molar-refractivity contribution is -0.132. The third kappa shape index (κ3) is 8.33. The zero-order valence-corrected chi connectivity index (χ0v) is 36.8. The van der Waals surface area contributed by atoms with E-state index in [1.807, 2.05) is 42.4 Å². The van der Waals surface area contributed by atoms with Gasteiger partial charge in [0.05, 0.1) is 29.7 Å². The molecule has 2 saturated heterocycles. The second-order valence-electron chi connectivity index (χ2n) is 17.8. The molecule has 5 aliphatic heterocycles. The molecule has 0 bridgehead atoms. The normalized spacial score (nSPS) is 21.7. The average molecular weight is 887 g/mol.